The van der Waals surface area contributed by atoms with Gasteiger partial charge in [0, 0.05) is 12.3 Å². The number of nitrogen functional groups attached to an aromatic ring is 1. The molecule has 0 aromatic carbocycles. The van der Waals surface area contributed by atoms with E-state index in [-0.39, 0.29) is 11.5 Å². The van der Waals surface area contributed by atoms with Crippen molar-refractivity contribution >= 4 is 15.7 Å². The van der Waals surface area contributed by atoms with E-state index < -0.39 is 9.84 Å². The predicted octanol–water partition coefficient (Wildman–Crippen LogP) is -0.00648. The van der Waals surface area contributed by atoms with Crippen LogP contribution in [0, 0.1) is 6.92 Å². The van der Waals surface area contributed by atoms with E-state index in [2.05, 4.69) is 10.3 Å². The van der Waals surface area contributed by atoms with Gasteiger partial charge in [0.15, 0.2) is 5.82 Å². The van der Waals surface area contributed by atoms with E-state index in [0.717, 1.165) is 5.69 Å². The number of hydrogen-bond acceptors (Lipinski definition) is 5. The van der Waals surface area contributed by atoms with Gasteiger partial charge >= 0.3 is 0 Å². The lowest BCUT2D eigenvalue weighted by Crippen LogP contribution is -2.12. The summed E-state index contributed by atoms with van der Waals surface area (Å²) in [4.78, 5) is 0. The summed E-state index contributed by atoms with van der Waals surface area (Å²) in [5, 5.41) is 7.50. The van der Waals surface area contributed by atoms with Gasteiger partial charge in [-0.2, -0.15) is 0 Å². The molecule has 0 fully saturated rings. The zero-order valence-electron chi connectivity index (χ0n) is 8.97. The summed E-state index contributed by atoms with van der Waals surface area (Å²) in [6, 6.07) is 0. The number of aryl methyl sites for hydroxylation is 1. The fraction of sp³-hybridized carbons (Fsp3) is 0.750. The van der Waals surface area contributed by atoms with Crippen molar-refractivity contribution in [1.82, 2.24) is 15.0 Å². The maximum absolute atomic E-state index is 11.2. The van der Waals surface area contributed by atoms with Crippen LogP contribution in [0.5, 0.6) is 0 Å². The summed E-state index contributed by atoms with van der Waals surface area (Å²) in [7, 11) is -2.89. The molecule has 1 aromatic heterocycles. The number of aromatic nitrogens is 3. The zero-order chi connectivity index (χ0) is 11.5. The molecule has 2 N–H and O–H groups in total. The summed E-state index contributed by atoms with van der Waals surface area (Å²) in [5.41, 5.74) is 6.29. The van der Waals surface area contributed by atoms with E-state index >= 15 is 0 Å². The Bertz CT molecular complexity index is 424. The number of hydrogen-bond donors (Lipinski definition) is 1. The first-order valence-electron chi connectivity index (χ1n) is 4.82. The maximum atomic E-state index is 11.2. The van der Waals surface area contributed by atoms with Crippen LogP contribution in [0.4, 0.5) is 5.82 Å². The van der Waals surface area contributed by atoms with Crippen molar-refractivity contribution < 1.29 is 8.42 Å². The Labute approximate surface area is 89.4 Å². The molecule has 7 heteroatoms. The third-order valence-electron chi connectivity index (χ3n) is 2.28. The molecule has 1 heterocycles. The molecule has 0 radical (unpaired) electrons. The molecule has 1 aromatic rings. The van der Waals surface area contributed by atoms with E-state index in [1.165, 1.54) is 0 Å². The Morgan fingerprint density at radius 3 is 2.60 bits per heavy atom. The monoisotopic (exact) mass is 232 g/mol. The number of anilines is 1. The van der Waals surface area contributed by atoms with Crippen LogP contribution in [-0.2, 0) is 16.4 Å². The lowest BCUT2D eigenvalue weighted by Gasteiger charge is -2.03. The minimum Gasteiger partial charge on any atom is -0.381 e. The van der Waals surface area contributed by atoms with Crippen LogP contribution in [0.25, 0.3) is 0 Å². The van der Waals surface area contributed by atoms with Gasteiger partial charge in [0.05, 0.1) is 11.4 Å². The first-order valence-corrected chi connectivity index (χ1v) is 6.64. The van der Waals surface area contributed by atoms with Crippen LogP contribution in [0.2, 0.25) is 0 Å². The van der Waals surface area contributed by atoms with Gasteiger partial charge < -0.3 is 5.73 Å². The number of sulfone groups is 1. The Kier molecular flexibility index (Phi) is 3.67. The van der Waals surface area contributed by atoms with Gasteiger partial charge in [-0.1, -0.05) is 12.1 Å². The zero-order valence-corrected chi connectivity index (χ0v) is 9.79. The van der Waals surface area contributed by atoms with E-state index in [0.29, 0.717) is 18.8 Å². The molecule has 6 nitrogen and oxygen atoms in total. The quantitative estimate of drug-likeness (QED) is 0.771. The molecule has 0 saturated heterocycles. The third kappa shape index (κ3) is 3.19. The Morgan fingerprint density at radius 2 is 2.13 bits per heavy atom. The number of nitrogens with two attached hydrogens (primary N) is 1. The molecule has 0 amide bonds. The topological polar surface area (TPSA) is 90.9 Å². The smallest absolute Gasteiger partial charge is 0.168 e. The molecule has 0 aliphatic rings. The second-order valence-electron chi connectivity index (χ2n) is 3.37. The van der Waals surface area contributed by atoms with Gasteiger partial charge in [-0.05, 0) is 13.3 Å². The van der Waals surface area contributed by atoms with E-state index in [4.69, 9.17) is 5.73 Å². The van der Waals surface area contributed by atoms with Crippen LogP contribution in [-0.4, -0.2) is 34.9 Å². The fourth-order valence-corrected chi connectivity index (χ4v) is 2.02. The van der Waals surface area contributed by atoms with E-state index in [1.807, 2.05) is 6.92 Å². The SMILES string of the molecule is CCS(=O)(=O)CCCn1nnc(N)c1C. The molecule has 0 bridgehead atoms. The molecule has 15 heavy (non-hydrogen) atoms. The van der Waals surface area contributed by atoms with Crippen LogP contribution in [0.15, 0.2) is 0 Å². The van der Waals surface area contributed by atoms with Crippen molar-refractivity contribution in [2.45, 2.75) is 26.8 Å². The first-order chi connectivity index (χ1) is 6.96. The molecule has 0 aliphatic heterocycles. The van der Waals surface area contributed by atoms with Gasteiger partial charge in [-0.3, -0.25) is 0 Å². The lowest BCUT2D eigenvalue weighted by molar-refractivity contribution is 0.553. The average Bonchev–Trinajstić information content (AvgIpc) is 2.49. The highest BCUT2D eigenvalue weighted by atomic mass is 32.2. The van der Waals surface area contributed by atoms with Gasteiger partial charge in [0.1, 0.15) is 9.84 Å². The highest BCUT2D eigenvalue weighted by Crippen LogP contribution is 2.05. The Morgan fingerprint density at radius 1 is 1.47 bits per heavy atom. The molecular weight excluding hydrogens is 216 g/mol. The van der Waals surface area contributed by atoms with Crippen LogP contribution in [0.1, 0.15) is 19.0 Å². The van der Waals surface area contributed by atoms with Crippen molar-refractivity contribution in [1.29, 1.82) is 0 Å². The molecule has 0 saturated carbocycles. The highest BCUT2D eigenvalue weighted by Gasteiger charge is 2.09. The van der Waals surface area contributed by atoms with Crippen LogP contribution >= 0.6 is 0 Å². The molecule has 86 valence electrons. The van der Waals surface area contributed by atoms with Gasteiger partial charge in [-0.25, -0.2) is 13.1 Å². The summed E-state index contributed by atoms with van der Waals surface area (Å²) in [6.07, 6.45) is 0.541. The normalized spacial score (nSPS) is 11.9. The van der Waals surface area contributed by atoms with E-state index in [9.17, 15) is 8.42 Å². The van der Waals surface area contributed by atoms with Crippen LogP contribution < -0.4 is 5.73 Å². The average molecular weight is 232 g/mol. The maximum Gasteiger partial charge on any atom is 0.168 e. The second-order valence-corrected chi connectivity index (χ2v) is 5.85. The Balaban J connectivity index is 2.49. The van der Waals surface area contributed by atoms with Gasteiger partial charge in [-0.15, -0.1) is 5.10 Å². The number of nitrogens with zero attached hydrogens (tertiary/aromatic N) is 3. The lowest BCUT2D eigenvalue weighted by atomic mass is 10.4. The minimum atomic E-state index is -2.89. The fourth-order valence-electron chi connectivity index (χ4n) is 1.16. The van der Waals surface area contributed by atoms with Crippen molar-refractivity contribution in [2.24, 2.45) is 0 Å². The Hall–Kier alpha value is -1.11. The van der Waals surface area contributed by atoms with Gasteiger partial charge in [0.25, 0.3) is 0 Å². The molecule has 0 spiro atoms. The molecule has 0 atom stereocenters. The third-order valence-corrected chi connectivity index (χ3v) is 4.07. The summed E-state index contributed by atoms with van der Waals surface area (Å²) in [6.45, 7) is 3.99. The first kappa shape index (κ1) is 12.0. The summed E-state index contributed by atoms with van der Waals surface area (Å²) in [5.74, 6) is 0.766. The second kappa shape index (κ2) is 4.61. The van der Waals surface area contributed by atoms with E-state index in [1.54, 1.807) is 11.6 Å². The minimum absolute atomic E-state index is 0.183. The molecular formula is C8H16N4O2S. The molecule has 1 rings (SSSR count). The largest absolute Gasteiger partial charge is 0.381 e. The standard InChI is InChI=1S/C8H16N4O2S/c1-3-15(13,14)6-4-5-12-7(2)8(9)10-11-12/h3-6,9H2,1-2H3. The number of rotatable bonds is 5. The predicted molar refractivity (Wildman–Crippen MR) is 58.1 cm³/mol. The van der Waals surface area contributed by atoms with Crippen LogP contribution in [0.3, 0.4) is 0 Å². The van der Waals surface area contributed by atoms with Gasteiger partial charge in [0.2, 0.25) is 0 Å². The highest BCUT2D eigenvalue weighted by molar-refractivity contribution is 7.91. The summed E-state index contributed by atoms with van der Waals surface area (Å²) < 4.78 is 24.0. The van der Waals surface area contributed by atoms with Crippen molar-refractivity contribution in [2.75, 3.05) is 17.2 Å². The van der Waals surface area contributed by atoms with Crippen molar-refractivity contribution in [3.63, 3.8) is 0 Å². The van der Waals surface area contributed by atoms with Crippen molar-refractivity contribution in [3.8, 4) is 0 Å². The molecule has 0 unspecified atom stereocenters. The van der Waals surface area contributed by atoms with Crippen molar-refractivity contribution in [3.05, 3.63) is 5.69 Å². The summed E-state index contributed by atoms with van der Waals surface area (Å²) >= 11 is 0. The molecule has 0 aliphatic carbocycles.